The Morgan fingerprint density at radius 1 is 1.43 bits per heavy atom. The maximum absolute atomic E-state index is 13.5. The number of rotatable bonds is 5. The predicted molar refractivity (Wildman–Crippen MR) is 80.8 cm³/mol. The van der Waals surface area contributed by atoms with Crippen LogP contribution in [0.4, 0.5) is 4.39 Å². The lowest BCUT2D eigenvalue weighted by molar-refractivity contribution is 0.594. The van der Waals surface area contributed by atoms with Crippen molar-refractivity contribution >= 4 is 26.0 Å². The molecular formula is C13H15BrFN3O2S. The Morgan fingerprint density at radius 3 is 2.76 bits per heavy atom. The summed E-state index contributed by atoms with van der Waals surface area (Å²) in [5, 5.41) is 4.94. The van der Waals surface area contributed by atoms with Crippen molar-refractivity contribution in [3.05, 3.63) is 46.1 Å². The molecule has 21 heavy (non-hydrogen) atoms. The van der Waals surface area contributed by atoms with Crippen LogP contribution in [0.25, 0.3) is 0 Å². The van der Waals surface area contributed by atoms with Crippen molar-refractivity contribution in [2.75, 3.05) is 0 Å². The molecule has 0 amide bonds. The van der Waals surface area contributed by atoms with E-state index in [2.05, 4.69) is 20.9 Å². The fraction of sp³-hybridized carbons (Fsp3) is 0.308. The van der Waals surface area contributed by atoms with Crippen LogP contribution in [-0.2, 0) is 23.0 Å². The SMILES string of the molecule is CCCc1nc(S(N)(=O)=O)cn1Cc1cccc(F)c1Br. The molecule has 114 valence electrons. The topological polar surface area (TPSA) is 78.0 Å². The van der Waals surface area contributed by atoms with Crippen LogP contribution in [0.5, 0.6) is 0 Å². The molecule has 0 aliphatic rings. The van der Waals surface area contributed by atoms with Gasteiger partial charge >= 0.3 is 0 Å². The average molecular weight is 376 g/mol. The standard InChI is InChI=1S/C13H15BrFN3O2S/c1-2-4-11-17-12(21(16,19)20)8-18(11)7-9-5-3-6-10(15)13(9)14/h3,5-6,8H,2,4,7H2,1H3,(H2,16,19,20). The summed E-state index contributed by atoms with van der Waals surface area (Å²) in [5.74, 6) is 0.244. The number of imidazole rings is 1. The van der Waals surface area contributed by atoms with Crippen molar-refractivity contribution in [3.8, 4) is 0 Å². The molecular weight excluding hydrogens is 361 g/mol. The quantitative estimate of drug-likeness (QED) is 0.871. The minimum absolute atomic E-state index is 0.168. The van der Waals surface area contributed by atoms with Crippen molar-refractivity contribution in [1.82, 2.24) is 9.55 Å². The van der Waals surface area contributed by atoms with Gasteiger partial charge in [-0.05, 0) is 34.0 Å². The molecule has 8 heteroatoms. The maximum Gasteiger partial charge on any atom is 0.257 e. The zero-order chi connectivity index (χ0) is 15.6. The number of nitrogens with zero attached hydrogens (tertiary/aromatic N) is 2. The molecule has 0 saturated carbocycles. The zero-order valence-electron chi connectivity index (χ0n) is 11.4. The van der Waals surface area contributed by atoms with Gasteiger partial charge in [-0.3, -0.25) is 0 Å². The molecule has 0 saturated heterocycles. The molecule has 1 aromatic carbocycles. The van der Waals surface area contributed by atoms with Gasteiger partial charge in [-0.2, -0.15) is 0 Å². The fourth-order valence-electron chi connectivity index (χ4n) is 1.98. The normalized spacial score (nSPS) is 11.8. The molecule has 2 aromatic rings. The minimum Gasteiger partial charge on any atom is -0.329 e. The second-order valence-corrected chi connectivity index (χ2v) is 6.93. The van der Waals surface area contributed by atoms with E-state index in [-0.39, 0.29) is 10.8 Å². The highest BCUT2D eigenvalue weighted by atomic mass is 79.9. The van der Waals surface area contributed by atoms with E-state index in [0.29, 0.717) is 28.8 Å². The van der Waals surface area contributed by atoms with Crippen molar-refractivity contribution in [2.24, 2.45) is 5.14 Å². The van der Waals surface area contributed by atoms with Gasteiger partial charge in [0.25, 0.3) is 10.0 Å². The lowest BCUT2D eigenvalue weighted by atomic mass is 10.2. The first kappa shape index (κ1) is 16.1. The van der Waals surface area contributed by atoms with Crippen LogP contribution in [-0.4, -0.2) is 18.0 Å². The molecule has 0 radical (unpaired) electrons. The number of halogens is 2. The maximum atomic E-state index is 13.5. The van der Waals surface area contributed by atoms with E-state index in [1.54, 1.807) is 16.7 Å². The Kier molecular flexibility index (Phi) is 4.80. The van der Waals surface area contributed by atoms with Crippen LogP contribution in [0, 0.1) is 5.82 Å². The van der Waals surface area contributed by atoms with Crippen LogP contribution in [0.15, 0.2) is 33.9 Å². The number of nitrogens with two attached hydrogens (primary N) is 1. The van der Waals surface area contributed by atoms with Crippen LogP contribution in [0.3, 0.4) is 0 Å². The first-order chi connectivity index (χ1) is 9.82. The number of aromatic nitrogens is 2. The highest BCUT2D eigenvalue weighted by molar-refractivity contribution is 9.10. The average Bonchev–Trinajstić information content (AvgIpc) is 2.79. The van der Waals surface area contributed by atoms with E-state index in [1.165, 1.54) is 12.3 Å². The van der Waals surface area contributed by atoms with E-state index in [4.69, 9.17) is 5.14 Å². The lowest BCUT2D eigenvalue weighted by Crippen LogP contribution is -2.12. The molecule has 0 unspecified atom stereocenters. The minimum atomic E-state index is -3.85. The number of hydrogen-bond acceptors (Lipinski definition) is 3. The van der Waals surface area contributed by atoms with E-state index >= 15 is 0 Å². The van der Waals surface area contributed by atoms with Gasteiger partial charge in [0.05, 0.1) is 11.0 Å². The smallest absolute Gasteiger partial charge is 0.257 e. The van der Waals surface area contributed by atoms with Crippen molar-refractivity contribution in [1.29, 1.82) is 0 Å². The van der Waals surface area contributed by atoms with Gasteiger partial charge in [-0.25, -0.2) is 22.9 Å². The van der Waals surface area contributed by atoms with Crippen LogP contribution < -0.4 is 5.14 Å². The first-order valence-corrected chi connectivity index (χ1v) is 8.68. The Labute approximate surface area is 131 Å². The van der Waals surface area contributed by atoms with Gasteiger partial charge in [0.15, 0.2) is 5.03 Å². The molecule has 0 atom stereocenters. The Morgan fingerprint density at radius 2 is 2.14 bits per heavy atom. The third kappa shape index (κ3) is 3.69. The molecule has 0 aliphatic heterocycles. The van der Waals surface area contributed by atoms with Gasteiger partial charge in [0.1, 0.15) is 11.6 Å². The van der Waals surface area contributed by atoms with E-state index < -0.39 is 10.0 Å². The summed E-state index contributed by atoms with van der Waals surface area (Å²) < 4.78 is 38.4. The van der Waals surface area contributed by atoms with E-state index in [1.807, 2.05) is 6.92 Å². The number of hydrogen-bond donors (Lipinski definition) is 1. The van der Waals surface area contributed by atoms with E-state index in [0.717, 1.165) is 6.42 Å². The summed E-state index contributed by atoms with van der Waals surface area (Å²) in [6.45, 7) is 2.28. The summed E-state index contributed by atoms with van der Waals surface area (Å²) >= 11 is 3.20. The molecule has 0 fully saturated rings. The monoisotopic (exact) mass is 375 g/mol. The number of benzene rings is 1. The molecule has 1 heterocycles. The number of aryl methyl sites for hydroxylation is 1. The van der Waals surface area contributed by atoms with Gasteiger partial charge < -0.3 is 4.57 Å². The second kappa shape index (κ2) is 6.25. The summed E-state index contributed by atoms with van der Waals surface area (Å²) in [4.78, 5) is 4.06. The van der Waals surface area contributed by atoms with Crippen molar-refractivity contribution < 1.29 is 12.8 Å². The highest BCUT2D eigenvalue weighted by Crippen LogP contribution is 2.22. The predicted octanol–water partition coefficient (Wildman–Crippen LogP) is 2.43. The Balaban J connectivity index is 2.43. The van der Waals surface area contributed by atoms with Crippen LogP contribution >= 0.6 is 15.9 Å². The fourth-order valence-corrected chi connectivity index (χ4v) is 2.88. The van der Waals surface area contributed by atoms with Crippen LogP contribution in [0.1, 0.15) is 24.7 Å². The molecule has 1 aromatic heterocycles. The highest BCUT2D eigenvalue weighted by Gasteiger charge is 2.17. The molecule has 2 rings (SSSR count). The molecule has 0 aliphatic carbocycles. The lowest BCUT2D eigenvalue weighted by Gasteiger charge is -2.09. The van der Waals surface area contributed by atoms with Crippen molar-refractivity contribution in [3.63, 3.8) is 0 Å². The summed E-state index contributed by atoms with van der Waals surface area (Å²) in [6, 6.07) is 4.72. The third-order valence-corrected chi connectivity index (χ3v) is 4.64. The summed E-state index contributed by atoms with van der Waals surface area (Å²) in [5.41, 5.74) is 0.700. The van der Waals surface area contributed by atoms with Crippen LogP contribution in [0.2, 0.25) is 0 Å². The Hall–Kier alpha value is -1.25. The molecule has 0 spiro atoms. The van der Waals surface area contributed by atoms with E-state index in [9.17, 15) is 12.8 Å². The molecule has 5 nitrogen and oxygen atoms in total. The largest absolute Gasteiger partial charge is 0.329 e. The third-order valence-electron chi connectivity index (χ3n) is 2.97. The van der Waals surface area contributed by atoms with Gasteiger partial charge in [0.2, 0.25) is 0 Å². The van der Waals surface area contributed by atoms with Gasteiger partial charge in [0, 0.05) is 12.6 Å². The Bertz CT molecular complexity index is 759. The molecule has 0 bridgehead atoms. The van der Waals surface area contributed by atoms with Gasteiger partial charge in [-0.1, -0.05) is 19.1 Å². The van der Waals surface area contributed by atoms with Crippen molar-refractivity contribution in [2.45, 2.75) is 31.3 Å². The second-order valence-electron chi connectivity index (χ2n) is 4.63. The summed E-state index contributed by atoms with van der Waals surface area (Å²) in [7, 11) is -3.85. The summed E-state index contributed by atoms with van der Waals surface area (Å²) in [6.07, 6.45) is 2.81. The number of primary sulfonamides is 1. The number of sulfonamides is 1. The first-order valence-electron chi connectivity index (χ1n) is 6.34. The van der Waals surface area contributed by atoms with Gasteiger partial charge in [-0.15, -0.1) is 0 Å². The zero-order valence-corrected chi connectivity index (χ0v) is 13.8. The molecule has 2 N–H and O–H groups in total.